The van der Waals surface area contributed by atoms with Gasteiger partial charge in [-0.25, -0.2) is 9.48 Å². The van der Waals surface area contributed by atoms with E-state index in [2.05, 4.69) is 24.7 Å². The maximum Gasteiger partial charge on any atom is 0.359 e. The van der Waals surface area contributed by atoms with E-state index in [-0.39, 0.29) is 0 Å². The second kappa shape index (κ2) is 7.91. The average Bonchev–Trinajstić information content (AvgIpc) is 2.89. The molecule has 0 unspecified atom stereocenters. The maximum atomic E-state index is 12.2. The number of hydrogen-bond acceptors (Lipinski definition) is 5. The van der Waals surface area contributed by atoms with Crippen molar-refractivity contribution in [2.45, 2.75) is 45.9 Å². The van der Waals surface area contributed by atoms with Crippen LogP contribution >= 0.6 is 0 Å². The van der Waals surface area contributed by atoms with E-state index in [4.69, 9.17) is 15.2 Å². The maximum absolute atomic E-state index is 12.2. The first kappa shape index (κ1) is 18.6. The smallest absolute Gasteiger partial charge is 0.359 e. The highest BCUT2D eigenvalue weighted by Gasteiger charge is 2.19. The van der Waals surface area contributed by atoms with E-state index in [1.807, 2.05) is 18.2 Å². The number of rotatable bonds is 8. The molecule has 0 amide bonds. The summed E-state index contributed by atoms with van der Waals surface area (Å²) in [6.07, 6.45) is 0. The summed E-state index contributed by atoms with van der Waals surface area (Å²) >= 11 is 0. The summed E-state index contributed by atoms with van der Waals surface area (Å²) in [4.78, 5) is 12.2. The Morgan fingerprint density at radius 1 is 1.33 bits per heavy atom. The van der Waals surface area contributed by atoms with Crippen molar-refractivity contribution < 1.29 is 14.3 Å². The molecule has 2 N–H and O–H groups in total. The summed E-state index contributed by atoms with van der Waals surface area (Å²) in [5, 5.41) is 5.16. The van der Waals surface area contributed by atoms with Gasteiger partial charge in [-0.1, -0.05) is 25.7 Å². The average molecular weight is 350 g/mol. The third-order valence-corrected chi connectivity index (χ3v) is 5.43. The van der Waals surface area contributed by atoms with E-state index < -0.39 is 14.0 Å². The van der Waals surface area contributed by atoms with Gasteiger partial charge in [-0.3, -0.25) is 0 Å². The molecule has 0 bridgehead atoms. The van der Waals surface area contributed by atoms with Crippen molar-refractivity contribution in [3.63, 3.8) is 0 Å². The summed E-state index contributed by atoms with van der Waals surface area (Å²) < 4.78 is 12.6. The van der Waals surface area contributed by atoms with Crippen molar-refractivity contribution in [1.82, 2.24) is 9.78 Å². The molecule has 1 aromatic carbocycles. The van der Waals surface area contributed by atoms with Crippen molar-refractivity contribution in [1.29, 1.82) is 0 Å². The summed E-state index contributed by atoms with van der Waals surface area (Å²) in [7, 11) is -1.13. The molecule has 0 saturated carbocycles. The minimum atomic E-state index is -1.13. The number of aromatic nitrogens is 2. The zero-order valence-corrected chi connectivity index (χ0v) is 16.0. The summed E-state index contributed by atoms with van der Waals surface area (Å²) in [6, 6.07) is 6.86. The molecule has 0 fully saturated rings. The van der Waals surface area contributed by atoms with Crippen molar-refractivity contribution in [3.8, 4) is 0 Å². The van der Waals surface area contributed by atoms with Gasteiger partial charge in [0.25, 0.3) is 0 Å². The van der Waals surface area contributed by atoms with E-state index >= 15 is 0 Å². The minimum absolute atomic E-state index is 0.316. The van der Waals surface area contributed by atoms with Crippen LogP contribution in [0.2, 0.25) is 25.7 Å². The molecular weight excluding hydrogens is 322 g/mol. The number of nitrogens with two attached hydrogens (primary N) is 1. The van der Waals surface area contributed by atoms with Crippen LogP contribution in [0.3, 0.4) is 0 Å². The van der Waals surface area contributed by atoms with Gasteiger partial charge in [0, 0.05) is 26.6 Å². The minimum Gasteiger partial charge on any atom is -0.461 e. The van der Waals surface area contributed by atoms with Crippen LogP contribution in [0.1, 0.15) is 23.0 Å². The van der Waals surface area contributed by atoms with Crippen molar-refractivity contribution >= 4 is 24.9 Å². The van der Waals surface area contributed by atoms with Gasteiger partial charge in [-0.05, 0) is 30.7 Å². The third kappa shape index (κ3) is 4.65. The molecule has 6 nitrogen and oxygen atoms in total. The van der Waals surface area contributed by atoms with E-state index in [1.165, 1.54) is 0 Å². The van der Waals surface area contributed by atoms with Crippen LogP contribution in [0.25, 0.3) is 10.9 Å². The fourth-order valence-corrected chi connectivity index (χ4v) is 3.09. The number of ether oxygens (including phenoxy) is 2. The van der Waals surface area contributed by atoms with Crippen LogP contribution in [0.5, 0.6) is 0 Å². The van der Waals surface area contributed by atoms with E-state index in [0.717, 1.165) is 22.5 Å². The van der Waals surface area contributed by atoms with Gasteiger partial charge in [0.2, 0.25) is 0 Å². The van der Waals surface area contributed by atoms with Gasteiger partial charge in [-0.15, -0.1) is 0 Å². The van der Waals surface area contributed by atoms with Gasteiger partial charge in [0.15, 0.2) is 5.69 Å². The topological polar surface area (TPSA) is 79.4 Å². The van der Waals surface area contributed by atoms with Crippen molar-refractivity contribution in [2.24, 2.45) is 5.73 Å². The first-order valence-corrected chi connectivity index (χ1v) is 12.0. The van der Waals surface area contributed by atoms with Crippen LogP contribution in [0, 0.1) is 0 Å². The number of carbonyl (C=O) groups is 1. The van der Waals surface area contributed by atoms with E-state index in [1.54, 1.807) is 11.6 Å². The number of fused-ring (bicyclic) bond motifs is 1. The van der Waals surface area contributed by atoms with E-state index in [9.17, 15) is 4.79 Å². The first-order chi connectivity index (χ1) is 11.4. The fourth-order valence-electron chi connectivity index (χ4n) is 2.33. The Balaban J connectivity index is 2.24. The monoisotopic (exact) mass is 349 g/mol. The molecular formula is C17H27N3O3Si. The highest BCUT2D eigenvalue weighted by Crippen LogP contribution is 2.21. The number of benzene rings is 1. The van der Waals surface area contributed by atoms with Crippen LogP contribution in [-0.2, 0) is 22.7 Å². The number of esters is 1. The highest BCUT2D eigenvalue weighted by atomic mass is 28.3. The molecule has 0 saturated heterocycles. The second-order valence-corrected chi connectivity index (χ2v) is 12.6. The molecule has 0 atom stereocenters. The number of nitrogens with zero attached hydrogens (tertiary/aromatic N) is 2. The predicted molar refractivity (Wildman–Crippen MR) is 97.7 cm³/mol. The Labute approximate surface area is 143 Å². The Bertz CT molecular complexity index is 707. The molecule has 2 aromatic rings. The number of hydrogen-bond donors (Lipinski definition) is 1. The van der Waals surface area contributed by atoms with E-state index in [0.29, 0.717) is 32.2 Å². The van der Waals surface area contributed by atoms with Crippen LogP contribution < -0.4 is 5.73 Å². The SMILES string of the molecule is CCOC(=O)c1nn(COCC[Si](C)(C)C)c2ccc(CN)cc12. The van der Waals surface area contributed by atoms with Gasteiger partial charge >= 0.3 is 5.97 Å². The zero-order chi connectivity index (χ0) is 17.7. The summed E-state index contributed by atoms with van der Waals surface area (Å²) in [6.45, 7) is 10.5. The molecule has 0 spiro atoms. The van der Waals surface area contributed by atoms with Crippen LogP contribution in [-0.4, -0.2) is 37.0 Å². The lowest BCUT2D eigenvalue weighted by Gasteiger charge is -2.15. The molecule has 0 aliphatic carbocycles. The van der Waals surface area contributed by atoms with Crippen molar-refractivity contribution in [3.05, 3.63) is 29.5 Å². The lowest BCUT2D eigenvalue weighted by atomic mass is 10.1. The van der Waals surface area contributed by atoms with Gasteiger partial charge in [0.05, 0.1) is 12.1 Å². The Morgan fingerprint density at radius 2 is 2.08 bits per heavy atom. The zero-order valence-electron chi connectivity index (χ0n) is 15.0. The predicted octanol–water partition coefficient (Wildman–Crippen LogP) is 2.98. The van der Waals surface area contributed by atoms with Gasteiger partial charge < -0.3 is 15.2 Å². The molecule has 24 heavy (non-hydrogen) atoms. The Morgan fingerprint density at radius 3 is 2.71 bits per heavy atom. The molecule has 0 radical (unpaired) electrons. The quantitative estimate of drug-likeness (QED) is 0.450. The normalized spacial score (nSPS) is 11.9. The first-order valence-electron chi connectivity index (χ1n) is 8.30. The second-order valence-electron chi connectivity index (χ2n) is 6.97. The molecule has 2 rings (SSSR count). The fraction of sp³-hybridized carbons (Fsp3) is 0.529. The number of carbonyl (C=O) groups excluding carboxylic acids is 1. The summed E-state index contributed by atoms with van der Waals surface area (Å²) in [5.41, 5.74) is 7.82. The van der Waals surface area contributed by atoms with Crippen LogP contribution in [0.4, 0.5) is 0 Å². The Kier molecular flexibility index (Phi) is 6.14. The molecule has 132 valence electrons. The molecule has 1 aromatic heterocycles. The lowest BCUT2D eigenvalue weighted by Crippen LogP contribution is -2.22. The van der Waals surface area contributed by atoms with Gasteiger partial charge in [0.1, 0.15) is 6.73 Å². The van der Waals surface area contributed by atoms with Crippen LogP contribution in [0.15, 0.2) is 18.2 Å². The largest absolute Gasteiger partial charge is 0.461 e. The standard InChI is InChI=1S/C17H27N3O3Si/c1-5-23-17(21)16-14-10-13(11-18)6-7-15(14)20(19-16)12-22-8-9-24(2,3)4/h6-7,10H,5,8-9,11-12,18H2,1-4H3. The molecule has 1 heterocycles. The third-order valence-electron chi connectivity index (χ3n) is 3.73. The van der Waals surface area contributed by atoms with Crippen molar-refractivity contribution in [2.75, 3.05) is 13.2 Å². The molecule has 0 aliphatic heterocycles. The van der Waals surface area contributed by atoms with Gasteiger partial charge in [-0.2, -0.15) is 5.10 Å². The molecule has 0 aliphatic rings. The Hall–Kier alpha value is -1.70. The highest BCUT2D eigenvalue weighted by molar-refractivity contribution is 6.76. The summed E-state index contributed by atoms with van der Waals surface area (Å²) in [5.74, 6) is -0.419. The lowest BCUT2D eigenvalue weighted by molar-refractivity contribution is 0.0513. The molecule has 7 heteroatoms.